The van der Waals surface area contributed by atoms with Crippen molar-refractivity contribution < 1.29 is 9.53 Å². The number of ether oxygens (including phenoxy) is 1. The van der Waals surface area contributed by atoms with Crippen LogP contribution in [0.15, 0.2) is 0 Å². The van der Waals surface area contributed by atoms with Crippen LogP contribution in [0, 0.1) is 0 Å². The molecule has 0 aromatic carbocycles. The lowest BCUT2D eigenvalue weighted by Crippen LogP contribution is -2.42. The van der Waals surface area contributed by atoms with Crippen LogP contribution in [0.1, 0.15) is 70.6 Å². The number of rotatable bonds is 3. The number of nitrogens with one attached hydrogen (secondary N) is 1. The van der Waals surface area contributed by atoms with Crippen LogP contribution in [0.4, 0.5) is 4.79 Å². The maximum atomic E-state index is 12.2. The van der Waals surface area contributed by atoms with E-state index in [9.17, 15) is 4.79 Å². The predicted octanol–water partition coefficient (Wildman–Crippen LogP) is 3.65. The smallest absolute Gasteiger partial charge is 0.410 e. The number of hydrogen-bond acceptors (Lipinski definition) is 3. The molecule has 22 heavy (non-hydrogen) atoms. The summed E-state index contributed by atoms with van der Waals surface area (Å²) in [5, 5.41) is 0. The summed E-state index contributed by atoms with van der Waals surface area (Å²) in [4.78, 5) is 22.3. The van der Waals surface area contributed by atoms with Gasteiger partial charge in [-0.2, -0.15) is 0 Å². The molecule has 5 nitrogen and oxygen atoms in total. The summed E-state index contributed by atoms with van der Waals surface area (Å²) in [5.41, 5.74) is 1.94. The fraction of sp³-hybridized carbons (Fsp3) is 0.765. The van der Waals surface area contributed by atoms with E-state index < -0.39 is 5.60 Å². The molecule has 1 N–H and O–H groups in total. The topological polar surface area (TPSA) is 58.2 Å². The summed E-state index contributed by atoms with van der Waals surface area (Å²) >= 11 is 0. The van der Waals surface area contributed by atoms with Gasteiger partial charge in [-0.15, -0.1) is 0 Å². The van der Waals surface area contributed by atoms with Crippen molar-refractivity contribution >= 4 is 6.09 Å². The number of likely N-dealkylation sites (tertiary alicyclic amines) is 1. The number of aromatic amines is 1. The number of amides is 1. The molecule has 1 saturated heterocycles. The number of hydrogen-bond donors (Lipinski definition) is 1. The Bertz CT molecular complexity index is 495. The first kappa shape index (κ1) is 16.8. The highest BCUT2D eigenvalue weighted by molar-refractivity contribution is 5.68. The number of carbonyl (C=O) groups excluding carboxylic acids is 1. The number of H-pyrrole nitrogens is 1. The number of aromatic nitrogens is 2. The lowest BCUT2D eigenvalue weighted by atomic mass is 9.98. The zero-order valence-electron chi connectivity index (χ0n) is 14.5. The molecule has 1 amide bonds. The standard InChI is InChI=1S/C17H29N3O2/c1-6-13-14(7-2)19-15(18-13)12-9-8-10-20(11-12)16(21)22-17(3,4)5/h12H,6-11H2,1-5H3,(H,18,19). The molecule has 0 saturated carbocycles. The van der Waals surface area contributed by atoms with Crippen LogP contribution in [0.3, 0.4) is 0 Å². The van der Waals surface area contributed by atoms with Gasteiger partial charge in [0.2, 0.25) is 0 Å². The molecule has 2 heterocycles. The predicted molar refractivity (Wildman–Crippen MR) is 87.1 cm³/mol. The van der Waals surface area contributed by atoms with Gasteiger partial charge in [-0.05, 0) is 46.5 Å². The second-order valence-electron chi connectivity index (χ2n) is 7.02. The van der Waals surface area contributed by atoms with Gasteiger partial charge in [0.1, 0.15) is 11.4 Å². The van der Waals surface area contributed by atoms with Crippen molar-refractivity contribution in [1.82, 2.24) is 14.9 Å². The Kier molecular flexibility index (Phi) is 5.14. The first-order chi connectivity index (χ1) is 10.3. The molecule has 1 aromatic heterocycles. The SMILES string of the molecule is CCc1nc(C2CCCN(C(=O)OC(C)(C)C)C2)[nH]c1CC. The van der Waals surface area contributed by atoms with Gasteiger partial charge in [0.25, 0.3) is 0 Å². The summed E-state index contributed by atoms with van der Waals surface area (Å²) in [6.45, 7) is 11.4. The Morgan fingerprint density at radius 1 is 1.36 bits per heavy atom. The molecule has 1 unspecified atom stereocenters. The molecule has 1 fully saturated rings. The molecular weight excluding hydrogens is 278 g/mol. The van der Waals surface area contributed by atoms with Crippen LogP contribution < -0.4 is 0 Å². The van der Waals surface area contributed by atoms with E-state index in [-0.39, 0.29) is 12.0 Å². The molecule has 124 valence electrons. The average molecular weight is 307 g/mol. The van der Waals surface area contributed by atoms with Crippen LogP contribution in [0.2, 0.25) is 0 Å². The Balaban J connectivity index is 2.07. The van der Waals surface area contributed by atoms with E-state index in [0.29, 0.717) is 6.54 Å². The van der Waals surface area contributed by atoms with Crippen LogP contribution >= 0.6 is 0 Å². The van der Waals surface area contributed by atoms with Crippen molar-refractivity contribution in [3.63, 3.8) is 0 Å². The van der Waals surface area contributed by atoms with Crippen LogP contribution in [0.5, 0.6) is 0 Å². The van der Waals surface area contributed by atoms with E-state index >= 15 is 0 Å². The fourth-order valence-corrected chi connectivity index (χ4v) is 2.94. The zero-order chi connectivity index (χ0) is 16.3. The fourth-order valence-electron chi connectivity index (χ4n) is 2.94. The quantitative estimate of drug-likeness (QED) is 0.927. The van der Waals surface area contributed by atoms with Gasteiger partial charge in [0.15, 0.2) is 0 Å². The van der Waals surface area contributed by atoms with Crippen molar-refractivity contribution in [2.45, 2.75) is 71.8 Å². The van der Waals surface area contributed by atoms with Gasteiger partial charge in [-0.25, -0.2) is 9.78 Å². The lowest BCUT2D eigenvalue weighted by molar-refractivity contribution is 0.0196. The third-order valence-corrected chi connectivity index (χ3v) is 4.03. The second kappa shape index (κ2) is 6.71. The third kappa shape index (κ3) is 4.02. The van der Waals surface area contributed by atoms with Gasteiger partial charge in [0, 0.05) is 24.7 Å². The summed E-state index contributed by atoms with van der Waals surface area (Å²) in [7, 11) is 0. The van der Waals surface area contributed by atoms with Gasteiger partial charge >= 0.3 is 6.09 Å². The average Bonchev–Trinajstić information content (AvgIpc) is 2.89. The Morgan fingerprint density at radius 2 is 2.09 bits per heavy atom. The number of nitrogens with zero attached hydrogens (tertiary/aromatic N) is 2. The first-order valence-electron chi connectivity index (χ1n) is 8.39. The third-order valence-electron chi connectivity index (χ3n) is 4.03. The number of aryl methyl sites for hydroxylation is 2. The van der Waals surface area contributed by atoms with Crippen molar-refractivity contribution in [3.8, 4) is 0 Å². The molecule has 1 aliphatic heterocycles. The Morgan fingerprint density at radius 3 is 2.64 bits per heavy atom. The Hall–Kier alpha value is -1.52. The molecule has 0 bridgehead atoms. The molecule has 2 rings (SSSR count). The van der Waals surface area contributed by atoms with E-state index in [2.05, 4.69) is 18.8 Å². The van der Waals surface area contributed by atoms with Crippen LogP contribution in [-0.4, -0.2) is 39.7 Å². The minimum Gasteiger partial charge on any atom is -0.444 e. The van der Waals surface area contributed by atoms with E-state index in [1.54, 1.807) is 0 Å². The highest BCUT2D eigenvalue weighted by Gasteiger charge is 2.30. The molecule has 0 aliphatic carbocycles. The first-order valence-corrected chi connectivity index (χ1v) is 8.39. The van der Waals surface area contributed by atoms with E-state index in [1.807, 2.05) is 25.7 Å². The monoisotopic (exact) mass is 307 g/mol. The number of piperidine rings is 1. The van der Waals surface area contributed by atoms with E-state index in [4.69, 9.17) is 9.72 Å². The Labute approximate surface area is 133 Å². The largest absolute Gasteiger partial charge is 0.444 e. The summed E-state index contributed by atoms with van der Waals surface area (Å²) in [5.74, 6) is 1.31. The van der Waals surface area contributed by atoms with E-state index in [1.165, 1.54) is 5.69 Å². The summed E-state index contributed by atoms with van der Waals surface area (Å²) in [6, 6.07) is 0. The number of carbonyl (C=O) groups is 1. The molecule has 1 atom stereocenters. The minimum absolute atomic E-state index is 0.213. The van der Waals surface area contributed by atoms with Crippen LogP contribution in [0.25, 0.3) is 0 Å². The molecule has 0 spiro atoms. The van der Waals surface area contributed by atoms with Crippen molar-refractivity contribution in [1.29, 1.82) is 0 Å². The van der Waals surface area contributed by atoms with Crippen molar-refractivity contribution in [2.75, 3.05) is 13.1 Å². The molecule has 1 aliphatic rings. The highest BCUT2D eigenvalue weighted by Crippen LogP contribution is 2.27. The normalized spacial score (nSPS) is 19.3. The van der Waals surface area contributed by atoms with Gasteiger partial charge in [0.05, 0.1) is 5.69 Å². The summed E-state index contributed by atoms with van der Waals surface area (Å²) in [6.07, 6.45) is 3.77. The number of imidazole rings is 1. The van der Waals surface area contributed by atoms with Crippen molar-refractivity contribution in [3.05, 3.63) is 17.2 Å². The van der Waals surface area contributed by atoms with Crippen LogP contribution in [-0.2, 0) is 17.6 Å². The minimum atomic E-state index is -0.445. The van der Waals surface area contributed by atoms with Crippen molar-refractivity contribution in [2.24, 2.45) is 0 Å². The maximum absolute atomic E-state index is 12.2. The van der Waals surface area contributed by atoms with E-state index in [0.717, 1.165) is 43.7 Å². The zero-order valence-corrected chi connectivity index (χ0v) is 14.5. The maximum Gasteiger partial charge on any atom is 0.410 e. The molecule has 1 aromatic rings. The molecular formula is C17H29N3O2. The highest BCUT2D eigenvalue weighted by atomic mass is 16.6. The molecule has 5 heteroatoms. The van der Waals surface area contributed by atoms with Gasteiger partial charge in [-0.3, -0.25) is 0 Å². The summed E-state index contributed by atoms with van der Waals surface area (Å²) < 4.78 is 5.49. The van der Waals surface area contributed by atoms with Gasteiger partial charge < -0.3 is 14.6 Å². The second-order valence-corrected chi connectivity index (χ2v) is 7.02. The molecule has 0 radical (unpaired) electrons. The van der Waals surface area contributed by atoms with Gasteiger partial charge in [-0.1, -0.05) is 13.8 Å². The lowest BCUT2D eigenvalue weighted by Gasteiger charge is -2.33.